The largest absolute Gasteiger partial charge is 0.383 e. The lowest BCUT2D eigenvalue weighted by Crippen LogP contribution is -2.04. The van der Waals surface area contributed by atoms with Gasteiger partial charge < -0.3 is 9.30 Å². The molecule has 102 valence electrons. The minimum atomic E-state index is 0.676. The predicted octanol–water partition coefficient (Wildman–Crippen LogP) is 2.83. The summed E-state index contributed by atoms with van der Waals surface area (Å²) in [6.45, 7) is 5.73. The van der Waals surface area contributed by atoms with Gasteiger partial charge >= 0.3 is 0 Å². The molecule has 0 aliphatic carbocycles. The zero-order chi connectivity index (χ0) is 13.7. The topological polar surface area (TPSA) is 39.9 Å². The molecule has 0 atom stereocenters. The van der Waals surface area contributed by atoms with E-state index in [1.165, 1.54) is 16.7 Å². The molecule has 1 aromatic heterocycles. The highest BCUT2D eigenvalue weighted by Gasteiger charge is 2.06. The van der Waals surface area contributed by atoms with E-state index in [1.54, 1.807) is 25.2 Å². The number of aryl methyl sites for hydroxylation is 2. The minimum Gasteiger partial charge on any atom is -0.383 e. The lowest BCUT2D eigenvalue weighted by molar-refractivity contribution is 0.184. The van der Waals surface area contributed by atoms with Crippen LogP contribution in [0.1, 0.15) is 16.7 Å². The quantitative estimate of drug-likeness (QED) is 0.761. The number of hydrogen-bond donors (Lipinski definition) is 0. The highest BCUT2D eigenvalue weighted by atomic mass is 32.2. The summed E-state index contributed by atoms with van der Waals surface area (Å²) in [5, 5.41) is 9.06. The Bertz CT molecular complexity index is 539. The maximum absolute atomic E-state index is 5.08. The van der Waals surface area contributed by atoms with Gasteiger partial charge in [0.05, 0.1) is 6.61 Å². The lowest BCUT2D eigenvalue weighted by Gasteiger charge is -2.08. The van der Waals surface area contributed by atoms with Crippen molar-refractivity contribution in [2.24, 2.45) is 0 Å². The summed E-state index contributed by atoms with van der Waals surface area (Å²) >= 11 is 1.71. The second-order valence-electron chi connectivity index (χ2n) is 4.52. The van der Waals surface area contributed by atoms with Crippen LogP contribution in [0.15, 0.2) is 29.7 Å². The number of ether oxygens (including phenoxy) is 1. The molecule has 2 rings (SSSR count). The molecule has 0 unspecified atom stereocenters. The summed E-state index contributed by atoms with van der Waals surface area (Å²) in [7, 11) is 1.70. The summed E-state index contributed by atoms with van der Waals surface area (Å²) in [4.78, 5) is 0. The van der Waals surface area contributed by atoms with Gasteiger partial charge in [0, 0.05) is 19.4 Å². The Hall–Kier alpha value is -1.33. The highest BCUT2D eigenvalue weighted by molar-refractivity contribution is 7.98. The summed E-state index contributed by atoms with van der Waals surface area (Å²) in [5.74, 6) is 0.916. The van der Waals surface area contributed by atoms with Gasteiger partial charge in [0.15, 0.2) is 5.16 Å². The fraction of sp³-hybridized carbons (Fsp3) is 0.429. The number of aromatic nitrogens is 3. The molecule has 0 aliphatic rings. The van der Waals surface area contributed by atoms with Crippen LogP contribution in [0.2, 0.25) is 0 Å². The Morgan fingerprint density at radius 3 is 2.95 bits per heavy atom. The lowest BCUT2D eigenvalue weighted by atomic mass is 10.1. The van der Waals surface area contributed by atoms with E-state index in [-0.39, 0.29) is 0 Å². The second kappa shape index (κ2) is 6.73. The van der Waals surface area contributed by atoms with E-state index in [0.717, 1.165) is 17.5 Å². The van der Waals surface area contributed by atoms with E-state index in [2.05, 4.69) is 42.2 Å². The van der Waals surface area contributed by atoms with Crippen molar-refractivity contribution in [3.05, 3.63) is 41.2 Å². The van der Waals surface area contributed by atoms with Crippen molar-refractivity contribution in [3.63, 3.8) is 0 Å². The molecule has 4 nitrogen and oxygen atoms in total. The Labute approximate surface area is 118 Å². The van der Waals surface area contributed by atoms with Crippen molar-refractivity contribution in [1.82, 2.24) is 14.8 Å². The molecule has 0 aliphatic heterocycles. The maximum Gasteiger partial charge on any atom is 0.191 e. The third kappa shape index (κ3) is 3.81. The molecule has 19 heavy (non-hydrogen) atoms. The van der Waals surface area contributed by atoms with Crippen molar-refractivity contribution in [2.45, 2.75) is 31.3 Å². The predicted molar refractivity (Wildman–Crippen MR) is 77.4 cm³/mol. The fourth-order valence-corrected chi connectivity index (χ4v) is 2.80. The summed E-state index contributed by atoms with van der Waals surface area (Å²) < 4.78 is 7.11. The number of thioether (sulfide) groups is 1. The first-order valence-corrected chi connectivity index (χ1v) is 7.25. The van der Waals surface area contributed by atoms with Crippen LogP contribution in [0, 0.1) is 13.8 Å². The smallest absolute Gasteiger partial charge is 0.191 e. The average molecular weight is 277 g/mol. The number of nitrogens with zero attached hydrogens (tertiary/aromatic N) is 3. The Morgan fingerprint density at radius 1 is 1.32 bits per heavy atom. The van der Waals surface area contributed by atoms with Crippen molar-refractivity contribution in [1.29, 1.82) is 0 Å². The molecule has 0 N–H and O–H groups in total. The molecule has 0 fully saturated rings. The van der Waals surface area contributed by atoms with Crippen LogP contribution >= 0.6 is 11.8 Å². The van der Waals surface area contributed by atoms with Crippen molar-refractivity contribution in [3.8, 4) is 0 Å². The first-order chi connectivity index (χ1) is 9.20. The Morgan fingerprint density at radius 2 is 2.16 bits per heavy atom. The molecule has 0 spiro atoms. The molecule has 0 saturated heterocycles. The third-order valence-corrected chi connectivity index (χ3v) is 4.01. The standard InChI is InChI=1S/C14H19N3OS/c1-11-4-5-12(2)13(8-11)9-19-14-16-15-10-17(14)6-7-18-3/h4-5,8,10H,6-7,9H2,1-3H3. The summed E-state index contributed by atoms with van der Waals surface area (Å²) in [6, 6.07) is 6.55. The van der Waals surface area contributed by atoms with Gasteiger partial charge in [0.2, 0.25) is 0 Å². The van der Waals surface area contributed by atoms with E-state index in [0.29, 0.717) is 6.61 Å². The molecular formula is C14H19N3OS. The molecule has 0 saturated carbocycles. The fourth-order valence-electron chi connectivity index (χ4n) is 1.80. The zero-order valence-corrected chi connectivity index (χ0v) is 12.4. The normalized spacial score (nSPS) is 10.9. The van der Waals surface area contributed by atoms with Crippen LogP contribution in [0.25, 0.3) is 0 Å². The first-order valence-electron chi connectivity index (χ1n) is 6.26. The van der Waals surface area contributed by atoms with Crippen LogP contribution in [0.4, 0.5) is 0 Å². The monoisotopic (exact) mass is 277 g/mol. The molecule has 5 heteroatoms. The van der Waals surface area contributed by atoms with Gasteiger partial charge in [-0.25, -0.2) is 0 Å². The third-order valence-electron chi connectivity index (χ3n) is 2.98. The van der Waals surface area contributed by atoms with Crippen molar-refractivity contribution in [2.75, 3.05) is 13.7 Å². The van der Waals surface area contributed by atoms with E-state index < -0.39 is 0 Å². The number of benzene rings is 1. The molecule has 0 radical (unpaired) electrons. The summed E-state index contributed by atoms with van der Waals surface area (Å²) in [6.07, 6.45) is 1.75. The molecule has 2 aromatic rings. The zero-order valence-electron chi connectivity index (χ0n) is 11.6. The van der Waals surface area contributed by atoms with Crippen LogP contribution < -0.4 is 0 Å². The van der Waals surface area contributed by atoms with Gasteiger partial charge in [-0.1, -0.05) is 35.5 Å². The van der Waals surface area contributed by atoms with Gasteiger partial charge in [-0.05, 0) is 25.0 Å². The van der Waals surface area contributed by atoms with Gasteiger partial charge in [0.25, 0.3) is 0 Å². The highest BCUT2D eigenvalue weighted by Crippen LogP contribution is 2.23. The molecule has 0 bridgehead atoms. The molecule has 0 amide bonds. The number of rotatable bonds is 6. The second-order valence-corrected chi connectivity index (χ2v) is 5.46. The van der Waals surface area contributed by atoms with Crippen LogP contribution in [0.3, 0.4) is 0 Å². The van der Waals surface area contributed by atoms with Crippen LogP contribution in [-0.2, 0) is 17.0 Å². The van der Waals surface area contributed by atoms with Gasteiger partial charge in [-0.15, -0.1) is 10.2 Å². The van der Waals surface area contributed by atoms with E-state index in [1.807, 2.05) is 4.57 Å². The number of hydrogen-bond acceptors (Lipinski definition) is 4. The summed E-state index contributed by atoms with van der Waals surface area (Å²) in [5.41, 5.74) is 3.97. The van der Waals surface area contributed by atoms with E-state index in [4.69, 9.17) is 4.74 Å². The van der Waals surface area contributed by atoms with Gasteiger partial charge in [-0.3, -0.25) is 0 Å². The minimum absolute atomic E-state index is 0.676. The SMILES string of the molecule is COCCn1cnnc1SCc1cc(C)ccc1C. The average Bonchev–Trinajstić information content (AvgIpc) is 2.85. The molecule has 1 heterocycles. The Kier molecular flexibility index (Phi) is 4.99. The van der Waals surface area contributed by atoms with E-state index >= 15 is 0 Å². The Balaban J connectivity index is 2.02. The first kappa shape index (κ1) is 14.1. The van der Waals surface area contributed by atoms with Crippen LogP contribution in [0.5, 0.6) is 0 Å². The van der Waals surface area contributed by atoms with Gasteiger partial charge in [0.1, 0.15) is 6.33 Å². The van der Waals surface area contributed by atoms with E-state index in [9.17, 15) is 0 Å². The molecular weight excluding hydrogens is 258 g/mol. The maximum atomic E-state index is 5.08. The van der Waals surface area contributed by atoms with Crippen LogP contribution in [-0.4, -0.2) is 28.5 Å². The van der Waals surface area contributed by atoms with Crippen molar-refractivity contribution >= 4 is 11.8 Å². The number of methoxy groups -OCH3 is 1. The van der Waals surface area contributed by atoms with Crippen molar-refractivity contribution < 1.29 is 4.74 Å². The van der Waals surface area contributed by atoms with Gasteiger partial charge in [-0.2, -0.15) is 0 Å². The molecule has 1 aromatic carbocycles.